The highest BCUT2D eigenvalue weighted by atomic mass is 35.5. The lowest BCUT2D eigenvalue weighted by Crippen LogP contribution is -2.27. The Bertz CT molecular complexity index is 783. The zero-order chi connectivity index (χ0) is 18.6. The fourth-order valence-electron chi connectivity index (χ4n) is 1.97. The number of hydrogen-bond acceptors (Lipinski definition) is 5. The summed E-state index contributed by atoms with van der Waals surface area (Å²) in [5.41, 5.74) is 0.576. The number of anilines is 1. The zero-order valence-corrected chi connectivity index (χ0v) is 15.2. The maximum absolute atomic E-state index is 12.5. The molecule has 1 amide bonds. The number of nitrogens with one attached hydrogen (secondary N) is 1. The van der Waals surface area contributed by atoms with E-state index in [1.807, 2.05) is 0 Å². The molecule has 2 rings (SSSR count). The van der Waals surface area contributed by atoms with Gasteiger partial charge in [0.2, 0.25) is 11.7 Å². The molecule has 7 heteroatoms. The first-order valence-electron chi connectivity index (χ1n) is 7.55. The molecule has 2 aromatic rings. The van der Waals surface area contributed by atoms with Gasteiger partial charge in [-0.1, -0.05) is 11.6 Å². The number of rotatable bonds is 4. The highest BCUT2D eigenvalue weighted by Gasteiger charge is 2.17. The maximum atomic E-state index is 12.5. The summed E-state index contributed by atoms with van der Waals surface area (Å²) in [5.74, 6) is -0.0884. The van der Waals surface area contributed by atoms with Gasteiger partial charge in [-0.25, -0.2) is 9.78 Å². The zero-order valence-electron chi connectivity index (χ0n) is 14.4. The number of pyridine rings is 1. The number of hydrogen-bond donors (Lipinski definition) is 1. The molecule has 1 aromatic carbocycles. The van der Waals surface area contributed by atoms with Crippen molar-refractivity contribution in [1.82, 2.24) is 4.98 Å². The summed E-state index contributed by atoms with van der Waals surface area (Å²) in [7, 11) is 1.43. The summed E-state index contributed by atoms with van der Waals surface area (Å²) in [5, 5.41) is 2.93. The molecule has 0 bridgehead atoms. The van der Waals surface area contributed by atoms with E-state index < -0.39 is 11.7 Å². The summed E-state index contributed by atoms with van der Waals surface area (Å²) in [4.78, 5) is 28.3. The largest absolute Gasteiger partial charge is 0.480 e. The molecule has 132 valence electrons. The molecule has 0 aliphatic rings. The van der Waals surface area contributed by atoms with Crippen molar-refractivity contribution in [1.29, 1.82) is 0 Å². The lowest BCUT2D eigenvalue weighted by atomic mass is 10.1. The number of amides is 1. The molecule has 0 radical (unpaired) electrons. The molecule has 1 N–H and O–H groups in total. The SMILES string of the molecule is COc1nc(C(=O)c2ccc(NC(=O)OC(C)(C)C)cc2)ccc1Cl. The van der Waals surface area contributed by atoms with Crippen LogP contribution in [0.3, 0.4) is 0 Å². The second-order valence-corrected chi connectivity index (χ2v) is 6.63. The van der Waals surface area contributed by atoms with E-state index in [0.717, 1.165) is 0 Å². The van der Waals surface area contributed by atoms with Crippen molar-refractivity contribution in [3.8, 4) is 5.88 Å². The Balaban J connectivity index is 2.11. The lowest BCUT2D eigenvalue weighted by molar-refractivity contribution is 0.0636. The van der Waals surface area contributed by atoms with E-state index in [-0.39, 0.29) is 17.4 Å². The topological polar surface area (TPSA) is 77.5 Å². The molecule has 0 unspecified atom stereocenters. The molecule has 1 aromatic heterocycles. The monoisotopic (exact) mass is 362 g/mol. The highest BCUT2D eigenvalue weighted by molar-refractivity contribution is 6.32. The Morgan fingerprint density at radius 3 is 2.28 bits per heavy atom. The number of methoxy groups -OCH3 is 1. The van der Waals surface area contributed by atoms with Crippen LogP contribution in [0.5, 0.6) is 5.88 Å². The average Bonchev–Trinajstić information content (AvgIpc) is 2.53. The Kier molecular flexibility index (Phi) is 5.64. The van der Waals surface area contributed by atoms with Crippen LogP contribution in [0.1, 0.15) is 36.8 Å². The van der Waals surface area contributed by atoms with E-state index in [2.05, 4.69) is 10.3 Å². The molecular weight excluding hydrogens is 344 g/mol. The van der Waals surface area contributed by atoms with Crippen molar-refractivity contribution in [3.05, 3.63) is 52.7 Å². The number of ketones is 1. The Hall–Kier alpha value is -2.60. The van der Waals surface area contributed by atoms with E-state index in [1.165, 1.54) is 13.2 Å². The van der Waals surface area contributed by atoms with Gasteiger partial charge in [-0.2, -0.15) is 0 Å². The minimum atomic E-state index is -0.584. The van der Waals surface area contributed by atoms with Crippen molar-refractivity contribution in [3.63, 3.8) is 0 Å². The fourth-order valence-corrected chi connectivity index (χ4v) is 2.15. The molecular formula is C18H19ClN2O4. The van der Waals surface area contributed by atoms with Gasteiger partial charge in [0.05, 0.1) is 7.11 Å². The van der Waals surface area contributed by atoms with Gasteiger partial charge in [-0.15, -0.1) is 0 Å². The Morgan fingerprint density at radius 2 is 1.72 bits per heavy atom. The van der Waals surface area contributed by atoms with Crippen LogP contribution in [0.2, 0.25) is 5.02 Å². The number of aromatic nitrogens is 1. The Morgan fingerprint density at radius 1 is 1.08 bits per heavy atom. The number of ether oxygens (including phenoxy) is 2. The van der Waals surface area contributed by atoms with Crippen LogP contribution in [-0.2, 0) is 4.74 Å². The second-order valence-electron chi connectivity index (χ2n) is 6.22. The predicted octanol–water partition coefficient (Wildman–Crippen LogP) is 4.32. The van der Waals surface area contributed by atoms with Gasteiger partial charge in [-0.3, -0.25) is 10.1 Å². The molecule has 0 atom stereocenters. The number of nitrogens with zero attached hydrogens (tertiary/aromatic N) is 1. The summed E-state index contributed by atoms with van der Waals surface area (Å²) in [6.45, 7) is 5.34. The van der Waals surface area contributed by atoms with Gasteiger partial charge in [-0.05, 0) is 57.2 Å². The van der Waals surface area contributed by atoms with E-state index in [0.29, 0.717) is 16.3 Å². The van der Waals surface area contributed by atoms with E-state index in [1.54, 1.807) is 51.1 Å². The molecule has 25 heavy (non-hydrogen) atoms. The van der Waals surface area contributed by atoms with Crippen LogP contribution in [0.15, 0.2) is 36.4 Å². The van der Waals surface area contributed by atoms with E-state index in [4.69, 9.17) is 21.1 Å². The Labute approximate surface area is 151 Å². The summed E-state index contributed by atoms with van der Waals surface area (Å²) >= 11 is 5.91. The molecule has 0 aliphatic carbocycles. The van der Waals surface area contributed by atoms with Crippen molar-refractivity contribution < 1.29 is 19.1 Å². The third-order valence-electron chi connectivity index (χ3n) is 3.03. The molecule has 6 nitrogen and oxygen atoms in total. The van der Waals surface area contributed by atoms with Gasteiger partial charge in [0.15, 0.2) is 0 Å². The van der Waals surface area contributed by atoms with Crippen LogP contribution in [0.4, 0.5) is 10.5 Å². The molecule has 0 spiro atoms. The first-order chi connectivity index (χ1) is 11.7. The van der Waals surface area contributed by atoms with Crippen LogP contribution in [-0.4, -0.2) is 29.6 Å². The summed E-state index contributed by atoms with van der Waals surface area (Å²) in [6.07, 6.45) is -0.560. The van der Waals surface area contributed by atoms with Gasteiger partial charge < -0.3 is 9.47 Å². The first-order valence-corrected chi connectivity index (χ1v) is 7.93. The normalized spacial score (nSPS) is 10.9. The predicted molar refractivity (Wildman–Crippen MR) is 95.5 cm³/mol. The maximum Gasteiger partial charge on any atom is 0.412 e. The van der Waals surface area contributed by atoms with Crippen LogP contribution >= 0.6 is 11.6 Å². The first kappa shape index (κ1) is 18.7. The average molecular weight is 363 g/mol. The van der Waals surface area contributed by atoms with Crippen molar-refractivity contribution in [2.24, 2.45) is 0 Å². The molecule has 0 fully saturated rings. The molecule has 0 saturated carbocycles. The third-order valence-corrected chi connectivity index (χ3v) is 3.32. The summed E-state index contributed by atoms with van der Waals surface area (Å²) in [6, 6.07) is 9.50. The molecule has 0 aliphatic heterocycles. The van der Waals surface area contributed by atoms with Crippen LogP contribution < -0.4 is 10.1 Å². The molecule has 0 saturated heterocycles. The van der Waals surface area contributed by atoms with Crippen LogP contribution in [0, 0.1) is 0 Å². The fraction of sp³-hybridized carbons (Fsp3) is 0.278. The lowest BCUT2D eigenvalue weighted by Gasteiger charge is -2.19. The standard InChI is InChI=1S/C18H19ClN2O4/c1-18(2,3)25-17(23)20-12-7-5-11(6-8-12)15(22)14-10-9-13(19)16(21-14)24-4/h5-10H,1-4H3,(H,20,23). The van der Waals surface area contributed by atoms with E-state index in [9.17, 15) is 9.59 Å². The highest BCUT2D eigenvalue weighted by Crippen LogP contribution is 2.23. The number of halogens is 1. The second kappa shape index (κ2) is 7.53. The molecule has 1 heterocycles. The van der Waals surface area contributed by atoms with Crippen molar-refractivity contribution in [2.45, 2.75) is 26.4 Å². The van der Waals surface area contributed by atoms with Crippen LogP contribution in [0.25, 0.3) is 0 Å². The number of carbonyl (C=O) groups is 2. The van der Waals surface area contributed by atoms with Gasteiger partial charge >= 0.3 is 6.09 Å². The minimum absolute atomic E-state index is 0.190. The van der Waals surface area contributed by atoms with Crippen molar-refractivity contribution in [2.75, 3.05) is 12.4 Å². The van der Waals surface area contributed by atoms with Gasteiger partial charge in [0, 0.05) is 11.3 Å². The minimum Gasteiger partial charge on any atom is -0.480 e. The van der Waals surface area contributed by atoms with E-state index >= 15 is 0 Å². The number of carbonyl (C=O) groups excluding carboxylic acids is 2. The third kappa shape index (κ3) is 5.19. The number of benzene rings is 1. The quantitative estimate of drug-likeness (QED) is 0.819. The summed E-state index contributed by atoms with van der Waals surface area (Å²) < 4.78 is 10.2. The smallest absolute Gasteiger partial charge is 0.412 e. The van der Waals surface area contributed by atoms with Gasteiger partial charge in [0.1, 0.15) is 16.3 Å². The van der Waals surface area contributed by atoms with Crippen molar-refractivity contribution >= 4 is 29.2 Å². The van der Waals surface area contributed by atoms with Gasteiger partial charge in [0.25, 0.3) is 0 Å².